The number of unbranched alkanes of at least 4 members (excludes halogenated alkanes) is 19. The summed E-state index contributed by atoms with van der Waals surface area (Å²) in [4.78, 5) is 35.5. The second kappa shape index (κ2) is 33.2. The van der Waals surface area contributed by atoms with Crippen LogP contribution in [0.2, 0.25) is 0 Å². The fourth-order valence-corrected chi connectivity index (χ4v) is 7.47. The van der Waals surface area contributed by atoms with Crippen LogP contribution < -0.4 is 0 Å². The van der Waals surface area contributed by atoms with Crippen molar-refractivity contribution >= 4 is 19.8 Å². The molecule has 6 unspecified atom stereocenters. The normalized spacial score (nSPS) is 23.1. The Labute approximate surface area is 336 Å². The Bertz CT molecular complexity index is 1090. The number of phosphoric acid groups is 1. The van der Waals surface area contributed by atoms with E-state index in [9.17, 15) is 44.6 Å². The minimum atomic E-state index is -5.12. The minimum absolute atomic E-state index is 0.0567. The predicted octanol–water partition coefficient (Wildman–Crippen LogP) is 7.67. The maximum atomic E-state index is 12.8. The van der Waals surface area contributed by atoms with Crippen molar-refractivity contribution in [3.05, 3.63) is 24.3 Å². The molecular formula is C42H77O13P. The van der Waals surface area contributed by atoms with Crippen LogP contribution in [0.25, 0.3) is 0 Å². The average molecular weight is 821 g/mol. The van der Waals surface area contributed by atoms with E-state index in [0.29, 0.717) is 12.8 Å². The standard InChI is InChI=1S/C42H77O13P/c1-3-5-7-9-11-13-15-17-18-19-21-23-25-27-29-31-36(44)54-34(32-52-35(43)30-28-26-24-22-20-16-14-12-10-8-6-4-2)33-53-56(50,51)55-42-40(48)38(46)37(45)39(47)41(42)49/h17-18,21,23,34,37-42,45-49H,3-16,19-20,22,24-33H2,1-2H3,(H,50,51)/b18-17+,23-21+/t34-,37?,38+,39?,40?,41?,42?/m1/s1. The third kappa shape index (κ3) is 25.6. The molecule has 0 aromatic heterocycles. The van der Waals surface area contributed by atoms with Crippen LogP contribution in [0.4, 0.5) is 0 Å². The molecule has 1 fully saturated rings. The summed E-state index contributed by atoms with van der Waals surface area (Å²) in [6.07, 6.45) is 21.0. The van der Waals surface area contributed by atoms with Gasteiger partial charge in [0.1, 0.15) is 43.2 Å². The van der Waals surface area contributed by atoms with Crippen LogP contribution in [-0.4, -0.2) is 98.3 Å². The fourth-order valence-electron chi connectivity index (χ4n) is 6.49. The van der Waals surface area contributed by atoms with Gasteiger partial charge >= 0.3 is 19.8 Å². The van der Waals surface area contributed by atoms with Gasteiger partial charge in [0, 0.05) is 12.8 Å². The highest BCUT2D eigenvalue weighted by molar-refractivity contribution is 7.47. The molecule has 0 heterocycles. The molecule has 0 saturated heterocycles. The van der Waals surface area contributed by atoms with Gasteiger partial charge in [0.05, 0.1) is 6.61 Å². The smallest absolute Gasteiger partial charge is 0.462 e. The number of ether oxygens (including phenoxy) is 2. The molecule has 13 nitrogen and oxygen atoms in total. The lowest BCUT2D eigenvalue weighted by Crippen LogP contribution is -2.64. The lowest BCUT2D eigenvalue weighted by Gasteiger charge is -2.41. The Kier molecular flexibility index (Phi) is 31.0. The van der Waals surface area contributed by atoms with Crippen molar-refractivity contribution < 1.29 is 63.1 Å². The number of aliphatic hydroxyl groups is 5. The predicted molar refractivity (Wildman–Crippen MR) is 217 cm³/mol. The molecule has 56 heavy (non-hydrogen) atoms. The number of allylic oxidation sites excluding steroid dienone is 4. The van der Waals surface area contributed by atoms with Crippen LogP contribution in [0.1, 0.15) is 174 Å². The summed E-state index contributed by atoms with van der Waals surface area (Å²) < 4.78 is 33.4. The van der Waals surface area contributed by atoms with Gasteiger partial charge in [0.25, 0.3) is 0 Å². The van der Waals surface area contributed by atoms with Crippen LogP contribution in [-0.2, 0) is 32.7 Å². The van der Waals surface area contributed by atoms with Crippen LogP contribution in [0.15, 0.2) is 24.3 Å². The second-order valence-corrected chi connectivity index (χ2v) is 16.6. The lowest BCUT2D eigenvalue weighted by molar-refractivity contribution is -0.220. The van der Waals surface area contributed by atoms with Gasteiger partial charge in [-0.3, -0.25) is 18.6 Å². The first-order valence-electron chi connectivity index (χ1n) is 21.6. The number of esters is 2. The van der Waals surface area contributed by atoms with Crippen molar-refractivity contribution in [3.63, 3.8) is 0 Å². The zero-order valence-corrected chi connectivity index (χ0v) is 35.3. The number of hydrogen-bond acceptors (Lipinski definition) is 12. The first-order valence-corrected chi connectivity index (χ1v) is 23.1. The van der Waals surface area contributed by atoms with E-state index in [4.69, 9.17) is 18.5 Å². The van der Waals surface area contributed by atoms with Gasteiger partial charge < -0.3 is 39.9 Å². The molecular weight excluding hydrogens is 743 g/mol. The topological polar surface area (TPSA) is 210 Å². The average Bonchev–Trinajstić information content (AvgIpc) is 3.18. The van der Waals surface area contributed by atoms with Gasteiger partial charge in [-0.2, -0.15) is 0 Å². The van der Waals surface area contributed by atoms with E-state index in [1.807, 2.05) is 0 Å². The van der Waals surface area contributed by atoms with Gasteiger partial charge in [-0.1, -0.05) is 141 Å². The Morgan fingerprint density at radius 1 is 0.554 bits per heavy atom. The lowest BCUT2D eigenvalue weighted by atomic mass is 9.85. The number of carbonyl (C=O) groups is 2. The number of carbonyl (C=O) groups excluding carboxylic acids is 2. The third-order valence-electron chi connectivity index (χ3n) is 10.0. The molecule has 0 bridgehead atoms. The van der Waals surface area contributed by atoms with E-state index in [-0.39, 0.29) is 12.8 Å². The first kappa shape index (κ1) is 52.3. The Balaban J connectivity index is 2.52. The van der Waals surface area contributed by atoms with E-state index in [0.717, 1.165) is 44.9 Å². The second-order valence-electron chi connectivity index (χ2n) is 15.2. The maximum absolute atomic E-state index is 12.8. The van der Waals surface area contributed by atoms with Crippen molar-refractivity contribution in [1.82, 2.24) is 0 Å². The van der Waals surface area contributed by atoms with Gasteiger partial charge in [-0.25, -0.2) is 4.57 Å². The van der Waals surface area contributed by atoms with Crippen LogP contribution in [0.3, 0.4) is 0 Å². The zero-order valence-electron chi connectivity index (χ0n) is 34.4. The number of phosphoric ester groups is 1. The summed E-state index contributed by atoms with van der Waals surface area (Å²) in [6.45, 7) is 3.25. The first-order chi connectivity index (χ1) is 26.9. The molecule has 0 amide bonds. The Morgan fingerprint density at radius 3 is 1.48 bits per heavy atom. The Hall–Kier alpha value is -1.67. The number of aliphatic hydroxyl groups excluding tert-OH is 5. The summed E-state index contributed by atoms with van der Waals surface area (Å²) in [5.41, 5.74) is 0. The molecule has 328 valence electrons. The van der Waals surface area contributed by atoms with E-state index >= 15 is 0 Å². The van der Waals surface area contributed by atoms with Crippen LogP contribution >= 0.6 is 7.82 Å². The van der Waals surface area contributed by atoms with E-state index in [1.165, 1.54) is 89.9 Å². The molecule has 6 N–H and O–H groups in total. The summed E-state index contributed by atoms with van der Waals surface area (Å²) in [7, 11) is -5.12. The molecule has 8 atom stereocenters. The SMILES string of the molecule is CCCCCCCC/C=C/C/C=C/CCCCC(=O)O[C@H](COC(=O)CCCCCCCCCCCCCC)COP(=O)(O)OC1C(O)C(O)C(O)[C@H](O)C1O. The molecule has 14 heteroatoms. The highest BCUT2D eigenvalue weighted by atomic mass is 31.2. The summed E-state index contributed by atoms with van der Waals surface area (Å²) in [5.74, 6) is -1.13. The summed E-state index contributed by atoms with van der Waals surface area (Å²) in [6, 6.07) is 0. The molecule has 1 aliphatic carbocycles. The van der Waals surface area contributed by atoms with Gasteiger partial charge in [0.2, 0.25) is 0 Å². The fraction of sp³-hybridized carbons (Fsp3) is 0.857. The summed E-state index contributed by atoms with van der Waals surface area (Å²) >= 11 is 0. The van der Waals surface area contributed by atoms with Crippen molar-refractivity contribution in [3.8, 4) is 0 Å². The van der Waals surface area contributed by atoms with Gasteiger partial charge in [-0.15, -0.1) is 0 Å². The molecule has 0 spiro atoms. The summed E-state index contributed by atoms with van der Waals surface area (Å²) in [5, 5.41) is 50.0. The third-order valence-corrected chi connectivity index (χ3v) is 11.0. The molecule has 1 aliphatic rings. The van der Waals surface area contributed by atoms with E-state index in [2.05, 4.69) is 38.2 Å². The molecule has 0 aliphatic heterocycles. The van der Waals surface area contributed by atoms with Crippen molar-refractivity contribution in [2.45, 2.75) is 217 Å². The molecule has 1 rings (SSSR count). The number of rotatable bonds is 35. The molecule has 0 aromatic rings. The van der Waals surface area contributed by atoms with E-state index in [1.54, 1.807) is 0 Å². The zero-order chi connectivity index (χ0) is 41.4. The van der Waals surface area contributed by atoms with Crippen molar-refractivity contribution in [2.75, 3.05) is 13.2 Å². The highest BCUT2D eigenvalue weighted by Gasteiger charge is 2.51. The largest absolute Gasteiger partial charge is 0.472 e. The van der Waals surface area contributed by atoms with Gasteiger partial charge in [0.15, 0.2) is 6.10 Å². The maximum Gasteiger partial charge on any atom is 0.472 e. The van der Waals surface area contributed by atoms with Crippen molar-refractivity contribution in [1.29, 1.82) is 0 Å². The minimum Gasteiger partial charge on any atom is -0.462 e. The highest BCUT2D eigenvalue weighted by Crippen LogP contribution is 2.47. The van der Waals surface area contributed by atoms with Crippen LogP contribution in [0, 0.1) is 0 Å². The van der Waals surface area contributed by atoms with Crippen LogP contribution in [0.5, 0.6) is 0 Å². The van der Waals surface area contributed by atoms with Crippen molar-refractivity contribution in [2.24, 2.45) is 0 Å². The van der Waals surface area contributed by atoms with E-state index < -0.39 is 75.7 Å². The monoisotopic (exact) mass is 821 g/mol. The molecule has 1 saturated carbocycles. The Morgan fingerprint density at radius 2 is 0.964 bits per heavy atom. The molecule has 0 aromatic carbocycles. The number of hydrogen-bond donors (Lipinski definition) is 6. The van der Waals surface area contributed by atoms with Gasteiger partial charge in [-0.05, 0) is 44.9 Å². The quantitative estimate of drug-likeness (QED) is 0.0157. The molecule has 0 radical (unpaired) electrons.